The van der Waals surface area contributed by atoms with Crippen LogP contribution in [0.25, 0.3) is 10.2 Å². The second-order valence-electron chi connectivity index (χ2n) is 9.18. The molecule has 1 aliphatic rings. The number of rotatable bonds is 7. The fourth-order valence-corrected chi connectivity index (χ4v) is 7.03. The summed E-state index contributed by atoms with van der Waals surface area (Å²) >= 11 is 1.38. The first-order valence-electron chi connectivity index (χ1n) is 12.4. The van der Waals surface area contributed by atoms with E-state index in [2.05, 4.69) is 4.98 Å². The summed E-state index contributed by atoms with van der Waals surface area (Å²) in [5.74, 6) is 0.968. The Morgan fingerprint density at radius 1 is 1.05 bits per heavy atom. The number of ether oxygens (including phenoxy) is 1. The summed E-state index contributed by atoms with van der Waals surface area (Å²) in [6, 6.07) is 23.1. The minimum atomic E-state index is -3.71. The predicted molar refractivity (Wildman–Crippen MR) is 150 cm³/mol. The van der Waals surface area contributed by atoms with Crippen molar-refractivity contribution in [1.82, 2.24) is 9.29 Å². The zero-order valence-corrected chi connectivity index (χ0v) is 22.7. The van der Waals surface area contributed by atoms with E-state index in [1.54, 1.807) is 42.5 Å². The normalized spacial score (nSPS) is 13.8. The highest BCUT2D eigenvalue weighted by atomic mass is 32.2. The maximum absolute atomic E-state index is 13.7. The van der Waals surface area contributed by atoms with Gasteiger partial charge in [0.2, 0.25) is 10.0 Å². The van der Waals surface area contributed by atoms with Crippen LogP contribution in [0, 0.1) is 0 Å². The van der Waals surface area contributed by atoms with E-state index in [-0.39, 0.29) is 17.3 Å². The minimum absolute atomic E-state index is 0.156. The molecule has 0 saturated heterocycles. The van der Waals surface area contributed by atoms with Crippen LogP contribution in [0.15, 0.2) is 94.4 Å². The standard InChI is InChI=1S/C29H25N3O5S2/c1-36-23-10-13-27-26(17-23)30-29(38-27)32(19-24-7-4-16-37-24)28(33)21-8-11-25(12-9-21)39(34,35)31-15-14-20-5-2-3-6-22(20)18-31/h2-13,16-17H,14-15,18-19H2,1H3. The molecular weight excluding hydrogens is 534 g/mol. The minimum Gasteiger partial charge on any atom is -0.497 e. The average Bonchev–Trinajstić information content (AvgIpc) is 3.64. The van der Waals surface area contributed by atoms with Crippen molar-refractivity contribution in [2.24, 2.45) is 0 Å². The lowest BCUT2D eigenvalue weighted by molar-refractivity contribution is 0.0983. The Balaban J connectivity index is 1.28. The summed E-state index contributed by atoms with van der Waals surface area (Å²) in [6.45, 7) is 0.924. The van der Waals surface area contributed by atoms with Crippen LogP contribution < -0.4 is 9.64 Å². The van der Waals surface area contributed by atoms with Crippen molar-refractivity contribution in [1.29, 1.82) is 0 Å². The number of aromatic nitrogens is 1. The molecule has 5 aromatic rings. The molecule has 1 aliphatic heterocycles. The van der Waals surface area contributed by atoms with Crippen LogP contribution in [0.2, 0.25) is 0 Å². The van der Waals surface area contributed by atoms with Gasteiger partial charge in [-0.1, -0.05) is 35.6 Å². The maximum atomic E-state index is 13.7. The van der Waals surface area contributed by atoms with Crippen LogP contribution in [0.4, 0.5) is 5.13 Å². The predicted octanol–water partition coefficient (Wildman–Crippen LogP) is 5.49. The van der Waals surface area contributed by atoms with Crippen LogP contribution >= 0.6 is 11.3 Å². The van der Waals surface area contributed by atoms with Gasteiger partial charge in [-0.05, 0) is 66.1 Å². The van der Waals surface area contributed by atoms with Gasteiger partial charge in [-0.3, -0.25) is 9.69 Å². The van der Waals surface area contributed by atoms with Crippen LogP contribution in [0.3, 0.4) is 0 Å². The number of anilines is 1. The van der Waals surface area contributed by atoms with Crippen LogP contribution in [-0.4, -0.2) is 37.3 Å². The summed E-state index contributed by atoms with van der Waals surface area (Å²) in [7, 11) is -2.12. The van der Waals surface area contributed by atoms with Gasteiger partial charge in [0.1, 0.15) is 11.5 Å². The van der Waals surface area contributed by atoms with Crippen molar-refractivity contribution < 1.29 is 22.4 Å². The Morgan fingerprint density at radius 3 is 2.59 bits per heavy atom. The van der Waals surface area contributed by atoms with E-state index in [9.17, 15) is 13.2 Å². The number of furan rings is 1. The second-order valence-corrected chi connectivity index (χ2v) is 12.1. The topological polar surface area (TPSA) is 92.9 Å². The molecule has 0 aliphatic carbocycles. The molecule has 0 N–H and O–H groups in total. The molecule has 0 atom stereocenters. The molecule has 8 nitrogen and oxygen atoms in total. The van der Waals surface area contributed by atoms with E-state index in [1.165, 1.54) is 33.3 Å². The Bertz CT molecular complexity index is 1750. The van der Waals surface area contributed by atoms with Gasteiger partial charge in [-0.2, -0.15) is 4.31 Å². The number of hydrogen-bond donors (Lipinski definition) is 0. The van der Waals surface area contributed by atoms with Crippen LogP contribution in [0.5, 0.6) is 5.75 Å². The summed E-state index contributed by atoms with van der Waals surface area (Å²) < 4.78 is 40.0. The lowest BCUT2D eigenvalue weighted by atomic mass is 10.0. The molecule has 2 aromatic heterocycles. The highest BCUT2D eigenvalue weighted by Crippen LogP contribution is 2.33. The lowest BCUT2D eigenvalue weighted by Crippen LogP contribution is -2.36. The number of methoxy groups -OCH3 is 1. The number of fused-ring (bicyclic) bond motifs is 2. The molecule has 0 bridgehead atoms. The Kier molecular flexibility index (Phi) is 6.68. The van der Waals surface area contributed by atoms with E-state index in [1.807, 2.05) is 42.5 Å². The molecule has 3 aromatic carbocycles. The number of carbonyl (C=O) groups excluding carboxylic acids is 1. The van der Waals surface area contributed by atoms with E-state index in [0.717, 1.165) is 15.8 Å². The number of hydrogen-bond acceptors (Lipinski definition) is 7. The zero-order valence-electron chi connectivity index (χ0n) is 21.1. The molecule has 0 saturated carbocycles. The number of amides is 1. The number of sulfonamides is 1. The maximum Gasteiger partial charge on any atom is 0.260 e. The molecule has 6 rings (SSSR count). The van der Waals surface area contributed by atoms with Crippen molar-refractivity contribution in [2.75, 3.05) is 18.6 Å². The van der Waals surface area contributed by atoms with Crippen molar-refractivity contribution in [2.45, 2.75) is 24.4 Å². The van der Waals surface area contributed by atoms with Crippen LogP contribution in [0.1, 0.15) is 27.2 Å². The molecule has 0 fully saturated rings. The summed E-state index contributed by atoms with van der Waals surface area (Å²) in [5.41, 5.74) is 3.26. The number of nitrogens with zero attached hydrogens (tertiary/aromatic N) is 3. The first kappa shape index (κ1) is 25.3. The molecule has 0 spiro atoms. The lowest BCUT2D eigenvalue weighted by Gasteiger charge is -2.28. The summed E-state index contributed by atoms with van der Waals surface area (Å²) in [4.78, 5) is 20.1. The third-order valence-corrected chi connectivity index (χ3v) is 9.71. The van der Waals surface area contributed by atoms with E-state index < -0.39 is 10.0 Å². The molecule has 3 heterocycles. The largest absolute Gasteiger partial charge is 0.497 e. The van der Waals surface area contributed by atoms with Crippen molar-refractivity contribution in [3.63, 3.8) is 0 Å². The smallest absolute Gasteiger partial charge is 0.260 e. The Labute approximate surface area is 230 Å². The number of carbonyl (C=O) groups is 1. The SMILES string of the molecule is COc1ccc2sc(N(Cc3ccco3)C(=O)c3ccc(S(=O)(=O)N4CCc5ccccc5C4)cc3)nc2c1. The van der Waals surface area contributed by atoms with Gasteiger partial charge in [0.05, 0.1) is 35.0 Å². The van der Waals surface area contributed by atoms with Crippen molar-refractivity contribution >= 4 is 42.6 Å². The fraction of sp³-hybridized carbons (Fsp3) is 0.172. The van der Waals surface area contributed by atoms with Gasteiger partial charge in [0, 0.05) is 24.7 Å². The summed E-state index contributed by atoms with van der Waals surface area (Å²) in [6.07, 6.45) is 2.22. The van der Waals surface area contributed by atoms with Gasteiger partial charge in [0.25, 0.3) is 5.91 Å². The Morgan fingerprint density at radius 2 is 1.85 bits per heavy atom. The van der Waals surface area contributed by atoms with Gasteiger partial charge in [-0.15, -0.1) is 0 Å². The molecular formula is C29H25N3O5S2. The second kappa shape index (κ2) is 10.3. The first-order chi connectivity index (χ1) is 18.9. The molecule has 0 radical (unpaired) electrons. The fourth-order valence-electron chi connectivity index (χ4n) is 4.67. The Hall–Kier alpha value is -3.99. The third kappa shape index (κ3) is 4.94. The first-order valence-corrected chi connectivity index (χ1v) is 14.6. The molecule has 10 heteroatoms. The molecule has 39 heavy (non-hydrogen) atoms. The van der Waals surface area contributed by atoms with Gasteiger partial charge >= 0.3 is 0 Å². The molecule has 198 valence electrons. The highest BCUT2D eigenvalue weighted by molar-refractivity contribution is 7.89. The molecule has 0 unspecified atom stereocenters. The highest BCUT2D eigenvalue weighted by Gasteiger charge is 2.29. The average molecular weight is 560 g/mol. The third-order valence-electron chi connectivity index (χ3n) is 6.79. The van der Waals surface area contributed by atoms with E-state index >= 15 is 0 Å². The monoisotopic (exact) mass is 559 g/mol. The van der Waals surface area contributed by atoms with Gasteiger partial charge in [-0.25, -0.2) is 13.4 Å². The van der Waals surface area contributed by atoms with Crippen molar-refractivity contribution in [3.8, 4) is 5.75 Å². The molecule has 1 amide bonds. The van der Waals surface area contributed by atoms with Gasteiger partial charge in [0.15, 0.2) is 5.13 Å². The van der Waals surface area contributed by atoms with Crippen molar-refractivity contribution in [3.05, 3.63) is 108 Å². The number of thiazole rings is 1. The van der Waals surface area contributed by atoms with E-state index in [0.29, 0.717) is 41.7 Å². The summed E-state index contributed by atoms with van der Waals surface area (Å²) in [5, 5.41) is 0.503. The zero-order chi connectivity index (χ0) is 27.0. The van der Waals surface area contributed by atoms with Gasteiger partial charge < -0.3 is 9.15 Å². The van der Waals surface area contributed by atoms with E-state index in [4.69, 9.17) is 9.15 Å². The number of benzene rings is 3. The quantitative estimate of drug-likeness (QED) is 0.262. The van der Waals surface area contributed by atoms with Crippen LogP contribution in [-0.2, 0) is 29.5 Å².